The number of aromatic nitrogens is 2. The minimum Gasteiger partial charge on any atom is -0.388 e. The third kappa shape index (κ3) is 5.26. The minimum absolute atomic E-state index is 0.0176. The monoisotopic (exact) mass is 458 g/mol. The lowest BCUT2D eigenvalue weighted by Gasteiger charge is -2.37. The molecule has 4 N–H and O–H groups in total. The Morgan fingerprint density at radius 2 is 2.03 bits per heavy atom. The number of aliphatic hydroxyl groups is 2. The van der Waals surface area contributed by atoms with E-state index in [2.05, 4.69) is 15.9 Å². The maximum atomic E-state index is 12.7. The molecule has 31 heavy (non-hydrogen) atoms. The molecule has 1 aromatic rings. The Balaban J connectivity index is 2.32. The Morgan fingerprint density at radius 1 is 1.39 bits per heavy atom. The number of terminal acetylenes is 1. The number of aromatic amines is 1. The van der Waals surface area contributed by atoms with Crippen LogP contribution >= 0.6 is 7.60 Å². The summed E-state index contributed by atoms with van der Waals surface area (Å²) in [7, 11) is -3.02. The van der Waals surface area contributed by atoms with Crippen molar-refractivity contribution in [2.45, 2.75) is 82.3 Å². The molecule has 0 aromatic carbocycles. The van der Waals surface area contributed by atoms with E-state index in [4.69, 9.17) is 20.4 Å². The van der Waals surface area contributed by atoms with E-state index in [0.29, 0.717) is 6.42 Å². The van der Waals surface area contributed by atoms with Crippen LogP contribution in [-0.2, 0) is 18.6 Å². The van der Waals surface area contributed by atoms with Gasteiger partial charge >= 0.3 is 7.60 Å². The first-order chi connectivity index (χ1) is 14.3. The quantitative estimate of drug-likeness (QED) is 0.318. The van der Waals surface area contributed by atoms with Gasteiger partial charge in [-0.2, -0.15) is 0 Å². The van der Waals surface area contributed by atoms with Crippen molar-refractivity contribution < 1.29 is 33.7 Å². The second-order valence-corrected chi connectivity index (χ2v) is 10.3. The number of hydrogen-bond donors (Lipinski definition) is 4. The number of H-pyrrole nitrogens is 1. The maximum absolute atomic E-state index is 12.7. The predicted octanol–water partition coefficient (Wildman–Crippen LogP) is 1.45. The predicted molar refractivity (Wildman–Crippen MR) is 112 cm³/mol. The molecule has 2 rings (SSSR count). The summed E-state index contributed by atoms with van der Waals surface area (Å²) in [5.74, 6) is 2.34. The topological polar surface area (TPSA) is 151 Å². The van der Waals surface area contributed by atoms with Crippen molar-refractivity contribution >= 4 is 7.60 Å². The number of hydrogen-bond acceptors (Lipinski definition) is 8. The van der Waals surface area contributed by atoms with E-state index in [1.165, 1.54) is 14.0 Å². The summed E-state index contributed by atoms with van der Waals surface area (Å²) in [5.41, 5.74) is -1.33. The second kappa shape index (κ2) is 9.51. The maximum Gasteiger partial charge on any atom is 0.359 e. The van der Waals surface area contributed by atoms with Crippen LogP contribution in [0.15, 0.2) is 11.0 Å². The zero-order valence-electron chi connectivity index (χ0n) is 18.4. The van der Waals surface area contributed by atoms with Gasteiger partial charge in [0.1, 0.15) is 29.7 Å². The second-order valence-electron chi connectivity index (χ2n) is 8.13. The van der Waals surface area contributed by atoms with Crippen LogP contribution in [0.1, 0.15) is 64.4 Å². The summed E-state index contributed by atoms with van der Waals surface area (Å²) in [6, 6.07) is 0. The Bertz CT molecular complexity index is 926. The number of nitrogens with zero attached hydrogens (tertiary/aromatic N) is 1. The van der Waals surface area contributed by atoms with Gasteiger partial charge in [0.15, 0.2) is 5.34 Å². The van der Waals surface area contributed by atoms with E-state index in [0.717, 1.165) is 6.20 Å². The standard InChI is InChI=1S/C20H31N2O8P/c1-7-12-15(21-11-14(23)22-12)17-18(28-6)16(24)13(29-17)10-19(4,8-2)30-31(26,27)20(5,25)9-3/h1,11,13,16-18,24-25H,8-10H2,2-6H3,(H,22,23)(H,26,27). The van der Waals surface area contributed by atoms with Gasteiger partial charge in [-0.1, -0.05) is 19.8 Å². The normalized spacial score (nSPS) is 29.5. The summed E-state index contributed by atoms with van der Waals surface area (Å²) >= 11 is 0. The van der Waals surface area contributed by atoms with Crippen molar-refractivity contribution in [2.75, 3.05) is 7.11 Å². The van der Waals surface area contributed by atoms with E-state index in [-0.39, 0.29) is 24.2 Å². The first kappa shape index (κ1) is 25.7. The molecule has 0 amide bonds. The van der Waals surface area contributed by atoms with Crippen molar-refractivity contribution in [3.05, 3.63) is 27.9 Å². The first-order valence-electron chi connectivity index (χ1n) is 10.0. The number of ether oxygens (including phenoxy) is 2. The van der Waals surface area contributed by atoms with E-state index < -0.39 is 48.5 Å². The van der Waals surface area contributed by atoms with Gasteiger partial charge < -0.3 is 34.1 Å². The van der Waals surface area contributed by atoms with Gasteiger partial charge in [0.2, 0.25) is 0 Å². The molecule has 0 radical (unpaired) electrons. The van der Waals surface area contributed by atoms with Gasteiger partial charge in [-0.3, -0.25) is 9.36 Å². The van der Waals surface area contributed by atoms with Crippen LogP contribution in [0, 0.1) is 12.3 Å². The summed E-state index contributed by atoms with van der Waals surface area (Å²) in [6.07, 6.45) is 3.16. The van der Waals surface area contributed by atoms with Gasteiger partial charge in [-0.15, -0.1) is 6.42 Å². The Morgan fingerprint density at radius 3 is 2.55 bits per heavy atom. The molecular formula is C20H31N2O8P. The summed E-state index contributed by atoms with van der Waals surface area (Å²) in [6.45, 7) is 6.18. The van der Waals surface area contributed by atoms with Gasteiger partial charge in [0, 0.05) is 13.5 Å². The SMILES string of the molecule is C#Cc1[nH]c(=O)cnc1C1OC(CC(C)(CC)OP(=O)(O)C(C)(O)CC)C(O)C1OC. The molecule has 1 saturated heterocycles. The zero-order valence-corrected chi connectivity index (χ0v) is 19.3. The Kier molecular flexibility index (Phi) is 7.88. The van der Waals surface area contributed by atoms with Gasteiger partial charge in [-0.05, 0) is 26.7 Å². The highest BCUT2D eigenvalue weighted by atomic mass is 31.2. The van der Waals surface area contributed by atoms with Gasteiger partial charge in [0.05, 0.1) is 17.9 Å². The van der Waals surface area contributed by atoms with Crippen molar-refractivity contribution in [3.8, 4) is 12.3 Å². The fourth-order valence-corrected chi connectivity index (χ4v) is 4.79. The highest BCUT2D eigenvalue weighted by Gasteiger charge is 2.51. The van der Waals surface area contributed by atoms with Crippen LogP contribution in [0.3, 0.4) is 0 Å². The molecule has 1 aromatic heterocycles. The molecule has 0 saturated carbocycles. The molecular weight excluding hydrogens is 427 g/mol. The van der Waals surface area contributed by atoms with Gasteiger partial charge in [0.25, 0.3) is 5.56 Å². The molecule has 2 heterocycles. The average Bonchev–Trinajstić information content (AvgIpc) is 3.01. The highest BCUT2D eigenvalue weighted by molar-refractivity contribution is 7.54. The Labute approximate surface area is 181 Å². The number of nitrogens with one attached hydrogen (secondary N) is 1. The summed E-state index contributed by atoms with van der Waals surface area (Å²) in [4.78, 5) is 28.5. The summed E-state index contributed by atoms with van der Waals surface area (Å²) in [5, 5.41) is 19.2. The molecule has 10 nitrogen and oxygen atoms in total. The van der Waals surface area contributed by atoms with Crippen molar-refractivity contribution in [1.29, 1.82) is 0 Å². The lowest BCUT2D eigenvalue weighted by Crippen LogP contribution is -2.40. The van der Waals surface area contributed by atoms with Crippen LogP contribution in [0.25, 0.3) is 0 Å². The Hall–Kier alpha value is -1.57. The van der Waals surface area contributed by atoms with Crippen LogP contribution in [-0.4, -0.2) is 61.4 Å². The zero-order chi connectivity index (χ0) is 23.6. The van der Waals surface area contributed by atoms with Crippen molar-refractivity contribution in [2.24, 2.45) is 0 Å². The van der Waals surface area contributed by atoms with Crippen molar-refractivity contribution in [1.82, 2.24) is 9.97 Å². The smallest absolute Gasteiger partial charge is 0.359 e. The molecule has 0 spiro atoms. The fraction of sp³-hybridized carbons (Fsp3) is 0.700. The lowest BCUT2D eigenvalue weighted by atomic mass is 9.92. The molecule has 11 heteroatoms. The highest BCUT2D eigenvalue weighted by Crippen LogP contribution is 2.59. The van der Waals surface area contributed by atoms with E-state index in [1.807, 2.05) is 0 Å². The molecule has 1 aliphatic heterocycles. The van der Waals surface area contributed by atoms with Crippen LogP contribution in [0.5, 0.6) is 0 Å². The van der Waals surface area contributed by atoms with Crippen LogP contribution in [0.2, 0.25) is 0 Å². The largest absolute Gasteiger partial charge is 0.388 e. The van der Waals surface area contributed by atoms with E-state index >= 15 is 0 Å². The summed E-state index contributed by atoms with van der Waals surface area (Å²) < 4.78 is 29.7. The number of aliphatic hydroxyl groups excluding tert-OH is 1. The first-order valence-corrected chi connectivity index (χ1v) is 11.6. The average molecular weight is 458 g/mol. The molecule has 7 unspecified atom stereocenters. The number of rotatable bonds is 9. The third-order valence-electron chi connectivity index (χ3n) is 5.85. The third-order valence-corrected chi connectivity index (χ3v) is 8.07. The van der Waals surface area contributed by atoms with Crippen LogP contribution in [0.4, 0.5) is 0 Å². The van der Waals surface area contributed by atoms with E-state index in [1.54, 1.807) is 20.8 Å². The van der Waals surface area contributed by atoms with Gasteiger partial charge in [-0.25, -0.2) is 4.98 Å². The lowest BCUT2D eigenvalue weighted by molar-refractivity contribution is -0.0538. The van der Waals surface area contributed by atoms with Crippen LogP contribution < -0.4 is 5.56 Å². The minimum atomic E-state index is -4.42. The molecule has 7 atom stereocenters. The fourth-order valence-electron chi connectivity index (χ4n) is 3.40. The molecule has 0 bridgehead atoms. The molecule has 174 valence electrons. The van der Waals surface area contributed by atoms with E-state index in [9.17, 15) is 24.5 Å². The number of methoxy groups -OCH3 is 1. The molecule has 1 fully saturated rings. The van der Waals surface area contributed by atoms with Crippen molar-refractivity contribution in [3.63, 3.8) is 0 Å². The molecule has 0 aliphatic carbocycles. The molecule has 1 aliphatic rings.